The van der Waals surface area contributed by atoms with Gasteiger partial charge in [-0.25, -0.2) is 0 Å². The summed E-state index contributed by atoms with van der Waals surface area (Å²) in [6, 6.07) is 18.6. The monoisotopic (exact) mass is 525 g/mol. The van der Waals surface area contributed by atoms with Gasteiger partial charge in [0, 0.05) is 14.9 Å². The third kappa shape index (κ3) is 5.26. The Labute approximate surface area is 204 Å². The molecule has 0 aliphatic rings. The van der Waals surface area contributed by atoms with E-state index in [1.807, 2.05) is 56.3 Å². The predicted molar refractivity (Wildman–Crippen MR) is 133 cm³/mol. The van der Waals surface area contributed by atoms with Crippen molar-refractivity contribution in [3.05, 3.63) is 86.8 Å². The number of azo groups is 1. The summed E-state index contributed by atoms with van der Waals surface area (Å²) in [5.74, 6) is -0.0427. The average molecular weight is 527 g/mol. The molecule has 8 heteroatoms. The fourth-order valence-corrected chi connectivity index (χ4v) is 3.90. The van der Waals surface area contributed by atoms with E-state index >= 15 is 0 Å². The van der Waals surface area contributed by atoms with E-state index in [4.69, 9.17) is 16.3 Å². The lowest BCUT2D eigenvalue weighted by Crippen LogP contribution is -2.08. The van der Waals surface area contributed by atoms with Crippen molar-refractivity contribution < 1.29 is 14.6 Å². The summed E-state index contributed by atoms with van der Waals surface area (Å²) >= 11 is 9.43. The first kappa shape index (κ1) is 23.0. The number of carbonyl (C=O) groups excluding carboxylic acids is 1. The van der Waals surface area contributed by atoms with E-state index in [0.29, 0.717) is 22.7 Å². The third-order valence-electron chi connectivity index (χ3n) is 5.33. The summed E-state index contributed by atoms with van der Waals surface area (Å²) in [7, 11) is 0. The van der Waals surface area contributed by atoms with Gasteiger partial charge >= 0.3 is 5.91 Å². The normalized spacial score (nSPS) is 11.4. The van der Waals surface area contributed by atoms with Gasteiger partial charge in [-0.3, -0.25) is 4.79 Å². The Morgan fingerprint density at radius 3 is 2.55 bits per heavy atom. The molecule has 1 amide bonds. The molecule has 0 saturated heterocycles. The second-order valence-electron chi connectivity index (χ2n) is 7.67. The fraction of sp³-hybridized carbons (Fsp3) is 0.160. The number of carbonyl (C=O) groups is 1. The van der Waals surface area contributed by atoms with Crippen LogP contribution in [0.3, 0.4) is 0 Å². The Morgan fingerprint density at radius 1 is 1.06 bits per heavy atom. The summed E-state index contributed by atoms with van der Waals surface area (Å²) in [4.78, 5) is 12.3. The molecular weight excluding hydrogens is 506 g/mol. The molecule has 0 unspecified atom stereocenters. The Bertz CT molecular complexity index is 1360. The molecule has 1 heterocycles. The third-order valence-corrected chi connectivity index (χ3v) is 6.07. The minimum Gasteiger partial charge on any atom is -0.493 e. The Hall–Kier alpha value is -3.16. The number of aromatic nitrogens is 1. The maximum Gasteiger partial charge on any atom is 0.302 e. The highest BCUT2D eigenvalue weighted by molar-refractivity contribution is 9.10. The topological polar surface area (TPSA) is 76.2 Å². The van der Waals surface area contributed by atoms with Crippen LogP contribution in [-0.4, -0.2) is 22.2 Å². The van der Waals surface area contributed by atoms with Gasteiger partial charge in [0.2, 0.25) is 5.88 Å². The van der Waals surface area contributed by atoms with Gasteiger partial charge in [-0.15, -0.1) is 10.2 Å². The molecule has 4 rings (SSSR count). The maximum absolute atomic E-state index is 12.3. The van der Waals surface area contributed by atoms with Gasteiger partial charge in [-0.2, -0.15) is 0 Å². The number of hydrogen-bond acceptors (Lipinski definition) is 4. The molecule has 4 aromatic rings. The molecule has 0 aliphatic heterocycles. The van der Waals surface area contributed by atoms with E-state index in [0.717, 1.165) is 26.7 Å². The number of fused-ring (bicyclic) bond motifs is 1. The predicted octanol–water partition coefficient (Wildman–Crippen LogP) is 7.12. The first-order valence-corrected chi connectivity index (χ1v) is 11.4. The largest absolute Gasteiger partial charge is 0.493 e. The van der Waals surface area contributed by atoms with E-state index < -0.39 is 5.91 Å². The lowest BCUT2D eigenvalue weighted by Gasteiger charge is -2.07. The van der Waals surface area contributed by atoms with Gasteiger partial charge in [0.05, 0.1) is 12.1 Å². The van der Waals surface area contributed by atoms with Crippen molar-refractivity contribution in [1.82, 2.24) is 4.57 Å². The average Bonchev–Trinajstić information content (AvgIpc) is 3.04. The fourth-order valence-electron chi connectivity index (χ4n) is 3.41. The van der Waals surface area contributed by atoms with Gasteiger partial charge in [-0.05, 0) is 73.0 Å². The maximum atomic E-state index is 12.3. The van der Waals surface area contributed by atoms with Gasteiger partial charge in [0.25, 0.3) is 0 Å². The quantitative estimate of drug-likeness (QED) is 0.272. The molecule has 0 saturated carbocycles. The number of aryl methyl sites for hydroxylation is 2. The number of nitrogens with zero attached hydrogens (tertiary/aromatic N) is 3. The molecule has 0 atom stereocenters. The number of aromatic hydroxyl groups is 1. The van der Waals surface area contributed by atoms with E-state index in [1.54, 1.807) is 22.8 Å². The van der Waals surface area contributed by atoms with E-state index in [-0.39, 0.29) is 18.2 Å². The summed E-state index contributed by atoms with van der Waals surface area (Å²) in [5, 5.41) is 20.1. The minimum atomic E-state index is -0.554. The molecule has 1 N–H and O–H groups in total. The highest BCUT2D eigenvalue weighted by atomic mass is 79.9. The van der Waals surface area contributed by atoms with Gasteiger partial charge < -0.3 is 14.4 Å². The van der Waals surface area contributed by atoms with Crippen molar-refractivity contribution in [2.24, 2.45) is 10.2 Å². The highest BCUT2D eigenvalue weighted by Crippen LogP contribution is 2.40. The molecule has 3 aromatic carbocycles. The molecule has 6 nitrogen and oxygen atoms in total. The molecule has 0 bridgehead atoms. The lowest BCUT2D eigenvalue weighted by molar-refractivity contribution is -0.120. The van der Waals surface area contributed by atoms with Crippen molar-refractivity contribution in [2.75, 3.05) is 6.61 Å². The SMILES string of the molecule is Cc1ccc(OCC(=O)N=Nc2c(O)n(Cc3ccc(Cl)cc3)c3ccc(Br)cc23)cc1C. The van der Waals surface area contributed by atoms with Crippen molar-refractivity contribution in [1.29, 1.82) is 0 Å². The zero-order chi connectivity index (χ0) is 23.5. The molecule has 168 valence electrons. The number of halogens is 2. The van der Waals surface area contributed by atoms with Crippen LogP contribution in [0.5, 0.6) is 11.6 Å². The van der Waals surface area contributed by atoms with Crippen molar-refractivity contribution in [2.45, 2.75) is 20.4 Å². The smallest absolute Gasteiger partial charge is 0.302 e. The molecule has 0 fully saturated rings. The number of ether oxygens (including phenoxy) is 1. The van der Waals surface area contributed by atoms with Crippen LogP contribution in [0, 0.1) is 13.8 Å². The van der Waals surface area contributed by atoms with Crippen LogP contribution in [0.2, 0.25) is 5.02 Å². The van der Waals surface area contributed by atoms with E-state index in [1.165, 1.54) is 0 Å². The second-order valence-corrected chi connectivity index (χ2v) is 9.03. The Balaban J connectivity index is 1.58. The Kier molecular flexibility index (Phi) is 6.81. The molecule has 1 aromatic heterocycles. The molecule has 33 heavy (non-hydrogen) atoms. The Morgan fingerprint density at radius 2 is 1.82 bits per heavy atom. The van der Waals surface area contributed by atoms with Crippen molar-refractivity contribution in [3.63, 3.8) is 0 Å². The van der Waals surface area contributed by atoms with Crippen LogP contribution in [0.25, 0.3) is 10.9 Å². The zero-order valence-corrected chi connectivity index (χ0v) is 20.4. The molecule has 0 spiro atoms. The summed E-state index contributed by atoms with van der Waals surface area (Å²) in [5.41, 5.74) is 4.16. The van der Waals surface area contributed by atoms with Crippen LogP contribution in [0.1, 0.15) is 16.7 Å². The number of benzene rings is 3. The standard InChI is InChI=1S/C25H21BrClN3O3/c1-15-3-9-20(11-16(15)2)33-14-23(31)28-29-24-21-12-18(26)6-10-22(21)30(25(24)32)13-17-4-7-19(27)8-5-17/h3-12,32H,13-14H2,1-2H3. The first-order chi connectivity index (χ1) is 15.8. The van der Waals surface area contributed by atoms with Crippen molar-refractivity contribution in [3.8, 4) is 11.6 Å². The lowest BCUT2D eigenvalue weighted by atomic mass is 10.1. The van der Waals surface area contributed by atoms with Gasteiger partial charge in [-0.1, -0.05) is 45.7 Å². The molecular formula is C25H21BrClN3O3. The van der Waals surface area contributed by atoms with E-state index in [9.17, 15) is 9.90 Å². The summed E-state index contributed by atoms with van der Waals surface area (Å²) < 4.78 is 8.07. The van der Waals surface area contributed by atoms with Crippen LogP contribution < -0.4 is 4.74 Å². The first-order valence-electron chi connectivity index (χ1n) is 10.2. The van der Waals surface area contributed by atoms with Crippen LogP contribution in [0.15, 0.2) is 75.4 Å². The van der Waals surface area contributed by atoms with Crippen LogP contribution in [-0.2, 0) is 11.3 Å². The molecule has 0 radical (unpaired) electrons. The van der Waals surface area contributed by atoms with Crippen LogP contribution >= 0.6 is 27.5 Å². The highest BCUT2D eigenvalue weighted by Gasteiger charge is 2.18. The summed E-state index contributed by atoms with van der Waals surface area (Å²) in [6.45, 7) is 4.14. The summed E-state index contributed by atoms with van der Waals surface area (Å²) in [6.07, 6.45) is 0. The zero-order valence-electron chi connectivity index (χ0n) is 18.0. The number of amides is 1. The molecule has 0 aliphatic carbocycles. The van der Waals surface area contributed by atoms with Crippen LogP contribution in [0.4, 0.5) is 5.69 Å². The second kappa shape index (κ2) is 9.77. The number of rotatable bonds is 6. The van der Waals surface area contributed by atoms with Crippen molar-refractivity contribution >= 4 is 50.0 Å². The van der Waals surface area contributed by atoms with E-state index in [2.05, 4.69) is 26.2 Å². The minimum absolute atomic E-state index is 0.0790. The van der Waals surface area contributed by atoms with Gasteiger partial charge in [0.15, 0.2) is 12.3 Å². The number of hydrogen-bond donors (Lipinski definition) is 1. The van der Waals surface area contributed by atoms with Gasteiger partial charge in [0.1, 0.15) is 5.75 Å².